The molecule has 1 N–H and O–H groups in total. The van der Waals surface area contributed by atoms with Crippen LogP contribution in [0.3, 0.4) is 0 Å². The van der Waals surface area contributed by atoms with Gasteiger partial charge in [-0.05, 0) is 56.9 Å². The lowest BCUT2D eigenvalue weighted by Crippen LogP contribution is -2.43. The highest BCUT2D eigenvalue weighted by Gasteiger charge is 2.27. The van der Waals surface area contributed by atoms with Gasteiger partial charge >= 0.3 is 0 Å². The summed E-state index contributed by atoms with van der Waals surface area (Å²) in [6, 6.07) is 8.06. The fraction of sp³-hybridized carbons (Fsp3) is 0.421. The molecule has 3 rings (SSSR count). The first-order chi connectivity index (χ1) is 12.1. The number of anilines is 2. The highest BCUT2D eigenvalue weighted by atomic mass is 19.1. The number of halogens is 1. The SMILES string of the molecule is CCC1CCCCN1C(=O)c1cc(C)nc(Nc2cccc(F)c2)n1. The Balaban J connectivity index is 1.84. The molecule has 5 nitrogen and oxygen atoms in total. The van der Waals surface area contributed by atoms with Crippen LogP contribution in [-0.2, 0) is 0 Å². The highest BCUT2D eigenvalue weighted by molar-refractivity contribution is 5.93. The maximum atomic E-state index is 13.3. The number of benzene rings is 1. The molecular formula is C19H23FN4O. The summed E-state index contributed by atoms with van der Waals surface area (Å²) in [7, 11) is 0. The number of piperidine rings is 1. The molecule has 1 atom stereocenters. The van der Waals surface area contributed by atoms with Crippen LogP contribution in [0.15, 0.2) is 30.3 Å². The van der Waals surface area contributed by atoms with Gasteiger partial charge in [0.05, 0.1) is 0 Å². The van der Waals surface area contributed by atoms with Gasteiger partial charge in [0, 0.05) is 24.0 Å². The molecule has 6 heteroatoms. The lowest BCUT2D eigenvalue weighted by Gasteiger charge is -2.35. The summed E-state index contributed by atoms with van der Waals surface area (Å²) in [6.45, 7) is 4.70. The number of likely N-dealkylation sites (tertiary alicyclic amines) is 1. The maximum absolute atomic E-state index is 13.3. The largest absolute Gasteiger partial charge is 0.334 e. The van der Waals surface area contributed by atoms with E-state index in [0.29, 0.717) is 23.0 Å². The number of carbonyl (C=O) groups is 1. The molecular weight excluding hydrogens is 319 g/mol. The summed E-state index contributed by atoms with van der Waals surface area (Å²) in [5, 5.41) is 2.98. The lowest BCUT2D eigenvalue weighted by molar-refractivity contribution is 0.0602. The minimum absolute atomic E-state index is 0.0562. The van der Waals surface area contributed by atoms with Crippen molar-refractivity contribution in [1.82, 2.24) is 14.9 Å². The maximum Gasteiger partial charge on any atom is 0.272 e. The van der Waals surface area contributed by atoms with Crippen molar-refractivity contribution in [3.63, 3.8) is 0 Å². The summed E-state index contributed by atoms with van der Waals surface area (Å²) in [4.78, 5) is 23.5. The fourth-order valence-corrected chi connectivity index (χ4v) is 3.27. The molecule has 1 unspecified atom stereocenters. The molecule has 0 spiro atoms. The second kappa shape index (κ2) is 7.59. The molecule has 2 heterocycles. The monoisotopic (exact) mass is 342 g/mol. The van der Waals surface area contributed by atoms with Crippen LogP contribution in [0, 0.1) is 12.7 Å². The second-order valence-corrected chi connectivity index (χ2v) is 6.41. The Morgan fingerprint density at radius 2 is 2.16 bits per heavy atom. The van der Waals surface area contributed by atoms with Gasteiger partial charge in [0.25, 0.3) is 5.91 Å². The normalized spacial score (nSPS) is 17.4. The third kappa shape index (κ3) is 4.13. The van der Waals surface area contributed by atoms with E-state index in [1.807, 2.05) is 11.8 Å². The number of hydrogen-bond donors (Lipinski definition) is 1. The standard InChI is InChI=1S/C19H23FN4O/c1-3-16-9-4-5-10-24(16)18(25)17-11-13(2)21-19(23-17)22-15-8-6-7-14(20)12-15/h6-8,11-12,16H,3-5,9-10H2,1-2H3,(H,21,22,23). The van der Waals surface area contributed by atoms with Crippen LogP contribution in [0.4, 0.5) is 16.0 Å². The molecule has 1 fully saturated rings. The first-order valence-corrected chi connectivity index (χ1v) is 8.76. The van der Waals surface area contributed by atoms with Gasteiger partial charge in [-0.25, -0.2) is 14.4 Å². The number of amides is 1. The van der Waals surface area contributed by atoms with Crippen molar-refractivity contribution in [3.8, 4) is 0 Å². The van der Waals surface area contributed by atoms with Crippen molar-refractivity contribution >= 4 is 17.5 Å². The van der Waals surface area contributed by atoms with E-state index in [0.717, 1.165) is 32.2 Å². The molecule has 1 aromatic carbocycles. The molecule has 0 saturated carbocycles. The van der Waals surface area contributed by atoms with Crippen LogP contribution >= 0.6 is 0 Å². The Bertz CT molecular complexity index is 765. The van der Waals surface area contributed by atoms with Gasteiger partial charge in [-0.2, -0.15) is 0 Å². The zero-order valence-corrected chi connectivity index (χ0v) is 14.6. The summed E-state index contributed by atoms with van der Waals surface area (Å²) in [5.41, 5.74) is 1.63. The summed E-state index contributed by atoms with van der Waals surface area (Å²) in [5.74, 6) is -0.0913. The van der Waals surface area contributed by atoms with E-state index in [1.54, 1.807) is 18.2 Å². The summed E-state index contributed by atoms with van der Waals surface area (Å²) < 4.78 is 13.3. The van der Waals surface area contributed by atoms with Gasteiger partial charge in [-0.15, -0.1) is 0 Å². The predicted octanol–water partition coefficient (Wildman–Crippen LogP) is 4.07. The lowest BCUT2D eigenvalue weighted by atomic mass is 9.99. The van der Waals surface area contributed by atoms with Crippen molar-refractivity contribution < 1.29 is 9.18 Å². The molecule has 1 aliphatic rings. The Morgan fingerprint density at radius 3 is 2.92 bits per heavy atom. The molecule has 1 aromatic heterocycles. The number of nitrogens with zero attached hydrogens (tertiary/aromatic N) is 3. The third-order valence-electron chi connectivity index (χ3n) is 4.51. The number of rotatable bonds is 4. The number of carbonyl (C=O) groups excluding carboxylic acids is 1. The Kier molecular flexibility index (Phi) is 5.26. The van der Waals surface area contributed by atoms with Crippen molar-refractivity contribution in [2.45, 2.75) is 45.6 Å². The van der Waals surface area contributed by atoms with E-state index >= 15 is 0 Å². The average molecular weight is 342 g/mol. The van der Waals surface area contributed by atoms with Gasteiger partial charge in [-0.1, -0.05) is 13.0 Å². The van der Waals surface area contributed by atoms with E-state index in [1.165, 1.54) is 12.1 Å². The second-order valence-electron chi connectivity index (χ2n) is 6.41. The fourth-order valence-electron chi connectivity index (χ4n) is 3.27. The Morgan fingerprint density at radius 1 is 1.32 bits per heavy atom. The van der Waals surface area contributed by atoms with E-state index in [2.05, 4.69) is 22.2 Å². The van der Waals surface area contributed by atoms with Crippen molar-refractivity contribution in [2.75, 3.05) is 11.9 Å². The first-order valence-electron chi connectivity index (χ1n) is 8.76. The molecule has 0 aliphatic carbocycles. The van der Waals surface area contributed by atoms with Crippen molar-refractivity contribution in [1.29, 1.82) is 0 Å². The minimum atomic E-state index is -0.340. The molecule has 0 bridgehead atoms. The molecule has 25 heavy (non-hydrogen) atoms. The Labute approximate surface area is 147 Å². The first kappa shape index (κ1) is 17.3. The quantitative estimate of drug-likeness (QED) is 0.910. The zero-order chi connectivity index (χ0) is 17.8. The Hall–Kier alpha value is -2.50. The van der Waals surface area contributed by atoms with Gasteiger partial charge in [0.1, 0.15) is 11.5 Å². The van der Waals surface area contributed by atoms with Crippen molar-refractivity contribution in [3.05, 3.63) is 47.5 Å². The molecule has 1 saturated heterocycles. The number of nitrogens with one attached hydrogen (secondary N) is 1. The van der Waals surface area contributed by atoms with E-state index in [4.69, 9.17) is 0 Å². The van der Waals surface area contributed by atoms with Crippen LogP contribution < -0.4 is 5.32 Å². The number of hydrogen-bond acceptors (Lipinski definition) is 4. The molecule has 1 aliphatic heterocycles. The van der Waals surface area contributed by atoms with E-state index < -0.39 is 0 Å². The van der Waals surface area contributed by atoms with Crippen molar-refractivity contribution in [2.24, 2.45) is 0 Å². The number of aryl methyl sites for hydroxylation is 1. The van der Waals surface area contributed by atoms with E-state index in [-0.39, 0.29) is 17.8 Å². The van der Waals surface area contributed by atoms with E-state index in [9.17, 15) is 9.18 Å². The third-order valence-corrected chi connectivity index (χ3v) is 4.51. The van der Waals surface area contributed by atoms with Crippen LogP contribution in [0.2, 0.25) is 0 Å². The number of aromatic nitrogens is 2. The van der Waals surface area contributed by atoms with Gasteiger partial charge in [0.2, 0.25) is 5.95 Å². The van der Waals surface area contributed by atoms with Gasteiger partial charge < -0.3 is 10.2 Å². The van der Waals surface area contributed by atoms with Crippen LogP contribution in [0.25, 0.3) is 0 Å². The predicted molar refractivity (Wildman–Crippen MR) is 95.4 cm³/mol. The molecule has 1 amide bonds. The van der Waals surface area contributed by atoms with Crippen LogP contribution in [0.5, 0.6) is 0 Å². The van der Waals surface area contributed by atoms with Crippen LogP contribution in [0.1, 0.15) is 48.8 Å². The van der Waals surface area contributed by atoms with Gasteiger partial charge in [-0.3, -0.25) is 4.79 Å². The minimum Gasteiger partial charge on any atom is -0.334 e. The smallest absolute Gasteiger partial charge is 0.272 e. The molecule has 0 radical (unpaired) electrons. The topological polar surface area (TPSA) is 58.1 Å². The summed E-state index contributed by atoms with van der Waals surface area (Å²) in [6.07, 6.45) is 4.18. The van der Waals surface area contributed by atoms with Crippen LogP contribution in [-0.4, -0.2) is 33.4 Å². The zero-order valence-electron chi connectivity index (χ0n) is 14.6. The van der Waals surface area contributed by atoms with Gasteiger partial charge in [0.15, 0.2) is 0 Å². The summed E-state index contributed by atoms with van der Waals surface area (Å²) >= 11 is 0. The highest BCUT2D eigenvalue weighted by Crippen LogP contribution is 2.22. The molecule has 2 aromatic rings. The molecule has 132 valence electrons. The average Bonchev–Trinajstić information content (AvgIpc) is 2.60.